The average molecular weight is 359 g/mol. The largest absolute Gasteiger partial charge is 0.494 e. The number of halogens is 1. The van der Waals surface area contributed by atoms with Crippen LogP contribution in [0.15, 0.2) is 41.9 Å². The number of nitrogens with zero attached hydrogens (tertiary/aromatic N) is 2. The van der Waals surface area contributed by atoms with Crippen LogP contribution in [-0.4, -0.2) is 30.1 Å². The third-order valence-corrected chi connectivity index (χ3v) is 4.14. The SMILES string of the molecule is COc1ccc(-c2csc(NC(=O)c3cccnc3OC)n2)cc1F. The maximum absolute atomic E-state index is 13.8. The summed E-state index contributed by atoms with van der Waals surface area (Å²) in [5.41, 5.74) is 1.45. The van der Waals surface area contributed by atoms with Crippen LogP contribution < -0.4 is 14.8 Å². The van der Waals surface area contributed by atoms with E-state index in [1.54, 1.807) is 23.6 Å². The first-order chi connectivity index (χ1) is 12.1. The Morgan fingerprint density at radius 3 is 2.80 bits per heavy atom. The van der Waals surface area contributed by atoms with Crippen molar-refractivity contribution in [2.45, 2.75) is 0 Å². The van der Waals surface area contributed by atoms with Crippen LogP contribution >= 0.6 is 11.3 Å². The Morgan fingerprint density at radius 1 is 1.24 bits per heavy atom. The minimum Gasteiger partial charge on any atom is -0.494 e. The summed E-state index contributed by atoms with van der Waals surface area (Å²) in [5.74, 6) is -0.462. The molecule has 0 radical (unpaired) electrons. The third kappa shape index (κ3) is 3.58. The molecule has 1 N–H and O–H groups in total. The highest BCUT2D eigenvalue weighted by atomic mass is 32.1. The van der Waals surface area contributed by atoms with Crippen LogP contribution in [0.4, 0.5) is 9.52 Å². The van der Waals surface area contributed by atoms with Crippen molar-refractivity contribution in [2.24, 2.45) is 0 Å². The number of nitrogens with one attached hydrogen (secondary N) is 1. The van der Waals surface area contributed by atoms with Gasteiger partial charge in [0.2, 0.25) is 5.88 Å². The van der Waals surface area contributed by atoms with Gasteiger partial charge in [0.25, 0.3) is 5.91 Å². The molecule has 8 heteroatoms. The molecule has 6 nitrogen and oxygen atoms in total. The van der Waals surface area contributed by atoms with Gasteiger partial charge in [0.1, 0.15) is 5.56 Å². The minimum atomic E-state index is -0.473. The smallest absolute Gasteiger partial charge is 0.262 e. The zero-order valence-electron chi connectivity index (χ0n) is 13.4. The summed E-state index contributed by atoms with van der Waals surface area (Å²) in [5, 5.41) is 4.81. The molecule has 0 unspecified atom stereocenters. The Morgan fingerprint density at radius 2 is 2.08 bits per heavy atom. The molecule has 0 spiro atoms. The molecular weight excluding hydrogens is 345 g/mol. The summed E-state index contributed by atoms with van der Waals surface area (Å²) >= 11 is 1.24. The highest BCUT2D eigenvalue weighted by Gasteiger charge is 2.15. The lowest BCUT2D eigenvalue weighted by atomic mass is 10.1. The van der Waals surface area contributed by atoms with E-state index in [1.165, 1.54) is 43.9 Å². The normalized spacial score (nSPS) is 10.4. The maximum atomic E-state index is 13.8. The van der Waals surface area contributed by atoms with Crippen molar-refractivity contribution in [2.75, 3.05) is 19.5 Å². The lowest BCUT2D eigenvalue weighted by molar-refractivity contribution is 0.102. The van der Waals surface area contributed by atoms with Crippen LogP contribution in [-0.2, 0) is 0 Å². The summed E-state index contributed by atoms with van der Waals surface area (Å²) < 4.78 is 23.8. The minimum absolute atomic E-state index is 0.163. The third-order valence-electron chi connectivity index (χ3n) is 3.38. The Balaban J connectivity index is 1.80. The van der Waals surface area contributed by atoms with Crippen LogP contribution in [0.2, 0.25) is 0 Å². The van der Waals surface area contributed by atoms with Crippen LogP contribution in [0.3, 0.4) is 0 Å². The number of rotatable bonds is 5. The fourth-order valence-electron chi connectivity index (χ4n) is 2.18. The summed E-state index contributed by atoms with van der Waals surface area (Å²) in [6.45, 7) is 0. The van der Waals surface area contributed by atoms with Gasteiger partial charge < -0.3 is 9.47 Å². The van der Waals surface area contributed by atoms with Crippen molar-refractivity contribution in [3.05, 3.63) is 53.3 Å². The van der Waals surface area contributed by atoms with Gasteiger partial charge in [-0.15, -0.1) is 11.3 Å². The number of hydrogen-bond acceptors (Lipinski definition) is 6. The molecule has 0 atom stereocenters. The molecule has 128 valence electrons. The lowest BCUT2D eigenvalue weighted by Gasteiger charge is -2.06. The fourth-order valence-corrected chi connectivity index (χ4v) is 2.89. The maximum Gasteiger partial charge on any atom is 0.262 e. The molecule has 0 aliphatic rings. The van der Waals surface area contributed by atoms with Crippen LogP contribution in [0, 0.1) is 5.82 Å². The second-order valence-corrected chi connectivity index (χ2v) is 5.76. The number of methoxy groups -OCH3 is 2. The van der Waals surface area contributed by atoms with E-state index < -0.39 is 5.82 Å². The summed E-state index contributed by atoms with van der Waals surface area (Å²) in [7, 11) is 2.85. The molecule has 0 bridgehead atoms. The number of pyridine rings is 1. The van der Waals surface area contributed by atoms with E-state index in [4.69, 9.17) is 9.47 Å². The Hall–Kier alpha value is -3.00. The van der Waals surface area contributed by atoms with Crippen LogP contribution in [0.1, 0.15) is 10.4 Å². The van der Waals surface area contributed by atoms with Crippen molar-refractivity contribution in [3.63, 3.8) is 0 Å². The van der Waals surface area contributed by atoms with Gasteiger partial charge in [-0.3, -0.25) is 10.1 Å². The zero-order chi connectivity index (χ0) is 17.8. The van der Waals surface area contributed by atoms with Crippen molar-refractivity contribution < 1.29 is 18.7 Å². The molecular formula is C17H14FN3O3S. The van der Waals surface area contributed by atoms with Gasteiger partial charge in [-0.05, 0) is 30.3 Å². The number of thiazole rings is 1. The van der Waals surface area contributed by atoms with Gasteiger partial charge in [0.05, 0.1) is 19.9 Å². The number of anilines is 1. The molecule has 0 saturated heterocycles. The first-order valence-electron chi connectivity index (χ1n) is 7.22. The first kappa shape index (κ1) is 16.8. The fraction of sp³-hybridized carbons (Fsp3) is 0.118. The molecule has 1 aromatic carbocycles. The number of ether oxygens (including phenoxy) is 2. The molecule has 3 rings (SSSR count). The Bertz CT molecular complexity index is 914. The van der Waals surface area contributed by atoms with Gasteiger partial charge in [-0.2, -0.15) is 0 Å². The molecule has 2 heterocycles. The molecule has 3 aromatic rings. The monoisotopic (exact) mass is 359 g/mol. The van der Waals surface area contributed by atoms with Crippen LogP contribution in [0.25, 0.3) is 11.3 Å². The van der Waals surface area contributed by atoms with E-state index in [1.807, 2.05) is 0 Å². The molecule has 1 amide bonds. The van der Waals surface area contributed by atoms with Gasteiger partial charge in [-0.25, -0.2) is 14.4 Å². The zero-order valence-corrected chi connectivity index (χ0v) is 14.3. The number of hydrogen-bond donors (Lipinski definition) is 1. The average Bonchev–Trinajstić information content (AvgIpc) is 3.10. The predicted molar refractivity (Wildman–Crippen MR) is 92.8 cm³/mol. The standard InChI is InChI=1S/C17H14FN3O3S/c1-23-14-6-5-10(8-12(14)18)13-9-25-17(20-13)21-15(22)11-4-3-7-19-16(11)24-2/h3-9H,1-2H3,(H,20,21,22). The molecule has 0 aliphatic heterocycles. The Kier molecular flexibility index (Phi) is 4.90. The summed E-state index contributed by atoms with van der Waals surface area (Å²) in [6.07, 6.45) is 1.54. The second kappa shape index (κ2) is 7.27. The lowest BCUT2D eigenvalue weighted by Crippen LogP contribution is -2.13. The number of carbonyl (C=O) groups is 1. The topological polar surface area (TPSA) is 73.3 Å². The predicted octanol–water partition coefficient (Wildman–Crippen LogP) is 3.61. The van der Waals surface area contributed by atoms with E-state index in [0.29, 0.717) is 22.0 Å². The number of carbonyl (C=O) groups excluding carboxylic acids is 1. The number of benzene rings is 1. The quantitative estimate of drug-likeness (QED) is 0.753. The van der Waals surface area contributed by atoms with Gasteiger partial charge in [0.15, 0.2) is 16.7 Å². The summed E-state index contributed by atoms with van der Waals surface area (Å²) in [6, 6.07) is 7.82. The van der Waals surface area contributed by atoms with Crippen molar-refractivity contribution in [1.29, 1.82) is 0 Å². The number of aromatic nitrogens is 2. The van der Waals surface area contributed by atoms with E-state index in [2.05, 4.69) is 15.3 Å². The highest BCUT2D eigenvalue weighted by molar-refractivity contribution is 7.14. The van der Waals surface area contributed by atoms with Gasteiger partial charge in [0, 0.05) is 17.1 Å². The van der Waals surface area contributed by atoms with E-state index in [9.17, 15) is 9.18 Å². The van der Waals surface area contributed by atoms with E-state index in [0.717, 1.165) is 0 Å². The second-order valence-electron chi connectivity index (χ2n) is 4.90. The van der Waals surface area contributed by atoms with Crippen molar-refractivity contribution in [3.8, 4) is 22.9 Å². The molecule has 0 saturated carbocycles. The molecule has 0 aliphatic carbocycles. The van der Waals surface area contributed by atoms with E-state index in [-0.39, 0.29) is 17.5 Å². The molecule has 25 heavy (non-hydrogen) atoms. The van der Waals surface area contributed by atoms with Crippen molar-refractivity contribution in [1.82, 2.24) is 9.97 Å². The number of amides is 1. The van der Waals surface area contributed by atoms with Gasteiger partial charge >= 0.3 is 0 Å². The summed E-state index contributed by atoms with van der Waals surface area (Å²) in [4.78, 5) is 20.6. The Labute approximate surface area is 147 Å². The van der Waals surface area contributed by atoms with E-state index >= 15 is 0 Å². The molecule has 0 fully saturated rings. The highest BCUT2D eigenvalue weighted by Crippen LogP contribution is 2.28. The van der Waals surface area contributed by atoms with Crippen molar-refractivity contribution >= 4 is 22.4 Å². The molecule has 2 aromatic heterocycles. The van der Waals surface area contributed by atoms with Crippen LogP contribution in [0.5, 0.6) is 11.6 Å². The first-order valence-corrected chi connectivity index (χ1v) is 8.10. The van der Waals surface area contributed by atoms with Gasteiger partial charge in [-0.1, -0.05) is 0 Å².